The van der Waals surface area contributed by atoms with Crippen molar-refractivity contribution in [3.8, 4) is 22.4 Å². The zero-order valence-electron chi connectivity index (χ0n) is 18.6. The molecule has 0 unspecified atom stereocenters. The van der Waals surface area contributed by atoms with E-state index in [4.69, 9.17) is 9.72 Å². The predicted octanol–water partition coefficient (Wildman–Crippen LogP) is 6.88. The van der Waals surface area contributed by atoms with Crippen LogP contribution in [0.5, 0.6) is 5.75 Å². The van der Waals surface area contributed by atoms with Crippen molar-refractivity contribution in [1.82, 2.24) is 4.98 Å². The number of nitrogens with zero attached hydrogens (tertiary/aromatic N) is 2. The van der Waals surface area contributed by atoms with Crippen LogP contribution in [0.15, 0.2) is 66.7 Å². The molecule has 0 radical (unpaired) electrons. The molecule has 0 spiro atoms. The summed E-state index contributed by atoms with van der Waals surface area (Å²) in [6.45, 7) is 4.11. The van der Waals surface area contributed by atoms with Crippen molar-refractivity contribution >= 4 is 38.3 Å². The van der Waals surface area contributed by atoms with Gasteiger partial charge in [-0.2, -0.15) is 5.26 Å². The SMILES string of the molecule is Cc1c(-c2cc(C(=O)O)c3c(OCc4ccccc4C#N)ccc(C)c3n2)sc2ccccc12. The number of rotatable bonds is 5. The van der Waals surface area contributed by atoms with Gasteiger partial charge in [0, 0.05) is 10.3 Å². The summed E-state index contributed by atoms with van der Waals surface area (Å²) in [5, 5.41) is 21.1. The number of aryl methyl sites for hydroxylation is 2. The van der Waals surface area contributed by atoms with Gasteiger partial charge in [0.2, 0.25) is 0 Å². The first-order valence-corrected chi connectivity index (χ1v) is 11.6. The van der Waals surface area contributed by atoms with Crippen LogP contribution in [-0.4, -0.2) is 16.1 Å². The Morgan fingerprint density at radius 2 is 1.85 bits per heavy atom. The fourth-order valence-corrected chi connectivity index (χ4v) is 5.35. The number of carboxylic acid groups (broad SMARTS) is 1. The van der Waals surface area contributed by atoms with E-state index in [-0.39, 0.29) is 12.2 Å². The Kier molecular flexibility index (Phi) is 5.48. The third kappa shape index (κ3) is 3.66. The van der Waals surface area contributed by atoms with Crippen molar-refractivity contribution < 1.29 is 14.6 Å². The van der Waals surface area contributed by atoms with Crippen molar-refractivity contribution in [2.24, 2.45) is 0 Å². The van der Waals surface area contributed by atoms with E-state index in [1.165, 1.54) is 0 Å². The minimum Gasteiger partial charge on any atom is -0.488 e. The van der Waals surface area contributed by atoms with Gasteiger partial charge in [-0.1, -0.05) is 42.5 Å². The van der Waals surface area contributed by atoms with E-state index in [1.807, 2.05) is 44.2 Å². The third-order valence-corrected chi connectivity index (χ3v) is 7.25. The molecule has 5 nitrogen and oxygen atoms in total. The standard InChI is InChI=1S/C28H20N2O3S/c1-16-11-12-23(33-15-19-8-4-3-7-18(19)14-29)25-21(28(31)32)13-22(30-26(16)25)27-17(2)20-9-5-6-10-24(20)34-27/h3-13H,15H2,1-2H3,(H,31,32). The van der Waals surface area contributed by atoms with Gasteiger partial charge < -0.3 is 9.84 Å². The van der Waals surface area contributed by atoms with Gasteiger partial charge in [0.25, 0.3) is 0 Å². The second kappa shape index (κ2) is 8.62. The monoisotopic (exact) mass is 464 g/mol. The number of carboxylic acids is 1. The number of hydrogen-bond acceptors (Lipinski definition) is 5. The Bertz CT molecular complexity index is 1630. The highest BCUT2D eigenvalue weighted by molar-refractivity contribution is 7.22. The largest absolute Gasteiger partial charge is 0.488 e. The first kappa shape index (κ1) is 21.6. The van der Waals surface area contributed by atoms with Crippen LogP contribution in [0.3, 0.4) is 0 Å². The predicted molar refractivity (Wildman–Crippen MR) is 134 cm³/mol. The van der Waals surface area contributed by atoms with Crippen LogP contribution in [0.1, 0.15) is 32.6 Å². The number of fused-ring (bicyclic) bond motifs is 2. The summed E-state index contributed by atoms with van der Waals surface area (Å²) >= 11 is 1.61. The van der Waals surface area contributed by atoms with Crippen LogP contribution in [0.25, 0.3) is 31.6 Å². The molecule has 1 N–H and O–H groups in total. The molecule has 0 amide bonds. The number of aromatic nitrogens is 1. The minimum absolute atomic E-state index is 0.143. The number of nitriles is 1. The molecule has 0 fully saturated rings. The van der Waals surface area contributed by atoms with Gasteiger partial charge in [0.05, 0.1) is 38.7 Å². The highest BCUT2D eigenvalue weighted by atomic mass is 32.1. The maximum absolute atomic E-state index is 12.4. The molecule has 5 aromatic rings. The van der Waals surface area contributed by atoms with Crippen molar-refractivity contribution in [2.75, 3.05) is 0 Å². The van der Waals surface area contributed by atoms with E-state index in [0.29, 0.717) is 27.9 Å². The van der Waals surface area contributed by atoms with Crippen LogP contribution in [0.4, 0.5) is 0 Å². The van der Waals surface area contributed by atoms with Gasteiger partial charge in [0.15, 0.2) is 0 Å². The van der Waals surface area contributed by atoms with Gasteiger partial charge in [0.1, 0.15) is 12.4 Å². The van der Waals surface area contributed by atoms with E-state index in [9.17, 15) is 15.2 Å². The number of aromatic carboxylic acids is 1. The molecule has 5 rings (SSSR count). The van der Waals surface area contributed by atoms with Crippen LogP contribution in [0, 0.1) is 25.2 Å². The number of thiophene rings is 1. The van der Waals surface area contributed by atoms with Gasteiger partial charge in [-0.3, -0.25) is 0 Å². The van der Waals surface area contributed by atoms with E-state index < -0.39 is 5.97 Å². The smallest absolute Gasteiger partial charge is 0.336 e. The molecule has 0 saturated carbocycles. The van der Waals surface area contributed by atoms with E-state index in [0.717, 1.165) is 31.7 Å². The Balaban J connectivity index is 1.67. The number of pyridine rings is 1. The molecule has 2 aromatic heterocycles. The van der Waals surface area contributed by atoms with Crippen LogP contribution < -0.4 is 4.74 Å². The Morgan fingerprint density at radius 1 is 1.09 bits per heavy atom. The molecule has 0 aliphatic rings. The first-order valence-electron chi connectivity index (χ1n) is 10.7. The van der Waals surface area contributed by atoms with Gasteiger partial charge in [-0.15, -0.1) is 11.3 Å². The normalized spacial score (nSPS) is 11.0. The average molecular weight is 465 g/mol. The fraction of sp³-hybridized carbons (Fsp3) is 0.107. The lowest BCUT2D eigenvalue weighted by Gasteiger charge is -2.14. The van der Waals surface area contributed by atoms with E-state index >= 15 is 0 Å². The lowest BCUT2D eigenvalue weighted by Crippen LogP contribution is -2.05. The van der Waals surface area contributed by atoms with Crippen molar-refractivity contribution in [3.05, 3.63) is 94.5 Å². The zero-order chi connectivity index (χ0) is 23.8. The van der Waals surface area contributed by atoms with Crippen LogP contribution >= 0.6 is 11.3 Å². The lowest BCUT2D eigenvalue weighted by molar-refractivity contribution is 0.0698. The minimum atomic E-state index is -1.04. The Hall–Kier alpha value is -4.21. The van der Waals surface area contributed by atoms with Gasteiger partial charge >= 0.3 is 5.97 Å². The molecule has 0 atom stereocenters. The Labute approximate surface area is 200 Å². The molecular formula is C28H20N2O3S. The quantitative estimate of drug-likeness (QED) is 0.306. The second-order valence-electron chi connectivity index (χ2n) is 8.07. The van der Waals surface area contributed by atoms with E-state index in [1.54, 1.807) is 35.6 Å². The third-order valence-electron chi connectivity index (χ3n) is 5.95. The maximum Gasteiger partial charge on any atom is 0.336 e. The molecule has 166 valence electrons. The zero-order valence-corrected chi connectivity index (χ0v) is 19.4. The van der Waals surface area contributed by atoms with Crippen LogP contribution in [-0.2, 0) is 6.61 Å². The molecule has 0 aliphatic carbocycles. The molecule has 0 saturated heterocycles. The summed E-state index contributed by atoms with van der Waals surface area (Å²) < 4.78 is 7.20. The number of benzene rings is 3. The summed E-state index contributed by atoms with van der Waals surface area (Å²) in [7, 11) is 0. The van der Waals surface area contributed by atoms with Crippen molar-refractivity contribution in [1.29, 1.82) is 5.26 Å². The average Bonchev–Trinajstić information content (AvgIpc) is 3.20. The fourth-order valence-electron chi connectivity index (χ4n) is 4.18. The highest BCUT2D eigenvalue weighted by Gasteiger charge is 2.21. The summed E-state index contributed by atoms with van der Waals surface area (Å²) in [6.07, 6.45) is 0. The number of ether oxygens (including phenoxy) is 1. The molecule has 3 aromatic carbocycles. The van der Waals surface area contributed by atoms with Gasteiger partial charge in [-0.25, -0.2) is 9.78 Å². The molecule has 0 bridgehead atoms. The first-order chi connectivity index (χ1) is 16.5. The summed E-state index contributed by atoms with van der Waals surface area (Å²) in [5.74, 6) is -0.613. The highest BCUT2D eigenvalue weighted by Crippen LogP contribution is 2.40. The van der Waals surface area contributed by atoms with Gasteiger partial charge in [-0.05, 0) is 54.6 Å². The maximum atomic E-state index is 12.4. The topological polar surface area (TPSA) is 83.2 Å². The molecule has 0 aliphatic heterocycles. The van der Waals surface area contributed by atoms with Crippen molar-refractivity contribution in [3.63, 3.8) is 0 Å². The number of hydrogen-bond donors (Lipinski definition) is 1. The molecule has 6 heteroatoms. The molecule has 34 heavy (non-hydrogen) atoms. The van der Waals surface area contributed by atoms with E-state index in [2.05, 4.69) is 18.2 Å². The molecule has 2 heterocycles. The summed E-state index contributed by atoms with van der Waals surface area (Å²) in [6, 6.07) is 22.8. The summed E-state index contributed by atoms with van der Waals surface area (Å²) in [5.41, 5.74) is 4.59. The lowest BCUT2D eigenvalue weighted by atomic mass is 10.0. The summed E-state index contributed by atoms with van der Waals surface area (Å²) in [4.78, 5) is 18.2. The Morgan fingerprint density at radius 3 is 2.62 bits per heavy atom. The molecular weight excluding hydrogens is 444 g/mol. The van der Waals surface area contributed by atoms with Crippen molar-refractivity contribution in [2.45, 2.75) is 20.5 Å². The van der Waals surface area contributed by atoms with Crippen LogP contribution in [0.2, 0.25) is 0 Å². The second-order valence-corrected chi connectivity index (χ2v) is 9.13. The number of carbonyl (C=O) groups is 1.